The van der Waals surface area contributed by atoms with E-state index in [1.54, 1.807) is 13.8 Å². The Labute approximate surface area is 127 Å². The van der Waals surface area contributed by atoms with E-state index < -0.39 is 5.41 Å². The van der Waals surface area contributed by atoms with Crippen molar-refractivity contribution in [2.45, 2.75) is 13.8 Å². The molecule has 20 heavy (non-hydrogen) atoms. The topological polar surface area (TPSA) is 35.5 Å². The number of halogens is 1. The highest BCUT2D eigenvalue weighted by molar-refractivity contribution is 9.10. The van der Waals surface area contributed by atoms with E-state index in [-0.39, 0.29) is 12.6 Å². The van der Waals surface area contributed by atoms with E-state index in [1.165, 1.54) is 7.11 Å². The first-order chi connectivity index (χ1) is 9.42. The highest BCUT2D eigenvalue weighted by Gasteiger charge is 2.29. The van der Waals surface area contributed by atoms with Crippen molar-refractivity contribution in [3.05, 3.63) is 40.9 Å². The van der Waals surface area contributed by atoms with Gasteiger partial charge in [-0.1, -0.05) is 28.1 Å². The first-order valence-corrected chi connectivity index (χ1v) is 7.12. The minimum atomic E-state index is -0.663. The van der Waals surface area contributed by atoms with Crippen LogP contribution in [-0.2, 0) is 9.53 Å². The zero-order valence-corrected chi connectivity index (χ0v) is 13.4. The van der Waals surface area contributed by atoms with Crippen molar-refractivity contribution in [1.29, 1.82) is 0 Å². The van der Waals surface area contributed by atoms with Crippen molar-refractivity contribution < 1.29 is 14.3 Å². The summed E-state index contributed by atoms with van der Waals surface area (Å²) in [7, 11) is 1.39. The van der Waals surface area contributed by atoms with Crippen molar-refractivity contribution in [1.82, 2.24) is 0 Å². The highest BCUT2D eigenvalue weighted by Crippen LogP contribution is 2.26. The fourth-order valence-corrected chi connectivity index (χ4v) is 2.26. The van der Waals surface area contributed by atoms with Gasteiger partial charge in [-0.2, -0.15) is 0 Å². The highest BCUT2D eigenvalue weighted by atomic mass is 79.9. The predicted octanol–water partition coefficient (Wildman–Crippen LogP) is 4.18. The summed E-state index contributed by atoms with van der Waals surface area (Å²) in [4.78, 5) is 11.6. The second-order valence-electron chi connectivity index (χ2n) is 5.32. The number of benzene rings is 2. The fourth-order valence-electron chi connectivity index (χ4n) is 1.88. The van der Waals surface area contributed by atoms with Gasteiger partial charge in [0.1, 0.15) is 12.4 Å². The predicted molar refractivity (Wildman–Crippen MR) is 82.9 cm³/mol. The normalized spacial score (nSPS) is 11.4. The van der Waals surface area contributed by atoms with Gasteiger partial charge in [-0.25, -0.2) is 0 Å². The number of ether oxygens (including phenoxy) is 2. The molecular weight excluding hydrogens is 320 g/mol. The lowest BCUT2D eigenvalue weighted by Gasteiger charge is -2.21. The van der Waals surface area contributed by atoms with Crippen LogP contribution in [0.5, 0.6) is 5.75 Å². The second kappa shape index (κ2) is 5.83. The third-order valence-electron chi connectivity index (χ3n) is 3.11. The molecule has 3 nitrogen and oxygen atoms in total. The molecule has 2 aromatic rings. The third kappa shape index (κ3) is 3.31. The van der Waals surface area contributed by atoms with Crippen LogP contribution in [-0.4, -0.2) is 19.7 Å². The molecule has 0 fully saturated rings. The number of methoxy groups -OCH3 is 1. The van der Waals surface area contributed by atoms with E-state index in [0.717, 1.165) is 21.0 Å². The van der Waals surface area contributed by atoms with E-state index in [2.05, 4.69) is 22.0 Å². The van der Waals surface area contributed by atoms with Gasteiger partial charge in [0.25, 0.3) is 0 Å². The Bertz CT molecular complexity index is 635. The molecule has 0 saturated heterocycles. The van der Waals surface area contributed by atoms with Crippen molar-refractivity contribution in [2.75, 3.05) is 13.7 Å². The van der Waals surface area contributed by atoms with Gasteiger partial charge < -0.3 is 9.47 Å². The Kier molecular flexibility index (Phi) is 4.33. The molecule has 0 amide bonds. The van der Waals surface area contributed by atoms with Gasteiger partial charge in [0.15, 0.2) is 0 Å². The minimum Gasteiger partial charge on any atom is -0.492 e. The van der Waals surface area contributed by atoms with Gasteiger partial charge in [-0.3, -0.25) is 4.79 Å². The van der Waals surface area contributed by atoms with Gasteiger partial charge >= 0.3 is 5.97 Å². The zero-order valence-electron chi connectivity index (χ0n) is 11.8. The lowest BCUT2D eigenvalue weighted by atomic mass is 9.95. The average molecular weight is 337 g/mol. The van der Waals surface area contributed by atoms with Crippen LogP contribution in [0.1, 0.15) is 13.8 Å². The van der Waals surface area contributed by atoms with Crippen LogP contribution in [0.15, 0.2) is 40.9 Å². The molecule has 2 rings (SSSR count). The van der Waals surface area contributed by atoms with E-state index >= 15 is 0 Å². The zero-order chi connectivity index (χ0) is 14.8. The molecule has 0 aliphatic carbocycles. The number of carbonyl (C=O) groups excluding carboxylic acids is 1. The number of rotatable bonds is 4. The number of fused-ring (bicyclic) bond motifs is 1. The molecule has 0 N–H and O–H groups in total. The fraction of sp³-hybridized carbons (Fsp3) is 0.312. The monoisotopic (exact) mass is 336 g/mol. The SMILES string of the molecule is COC(=O)C(C)(C)COc1ccc2cc(Br)ccc2c1. The third-order valence-corrected chi connectivity index (χ3v) is 3.60. The maximum absolute atomic E-state index is 11.6. The van der Waals surface area contributed by atoms with E-state index in [4.69, 9.17) is 9.47 Å². The van der Waals surface area contributed by atoms with Gasteiger partial charge in [0.05, 0.1) is 12.5 Å². The Balaban J connectivity index is 2.14. The molecule has 0 aliphatic heterocycles. The average Bonchev–Trinajstić information content (AvgIpc) is 2.44. The summed E-state index contributed by atoms with van der Waals surface area (Å²) in [6.45, 7) is 3.88. The van der Waals surface area contributed by atoms with Crippen LogP contribution in [0.25, 0.3) is 10.8 Å². The van der Waals surface area contributed by atoms with Gasteiger partial charge in [-0.15, -0.1) is 0 Å². The number of hydrogen-bond acceptors (Lipinski definition) is 3. The molecule has 0 spiro atoms. The smallest absolute Gasteiger partial charge is 0.314 e. The first kappa shape index (κ1) is 14.9. The molecule has 106 valence electrons. The van der Waals surface area contributed by atoms with Gasteiger partial charge in [-0.05, 0) is 48.9 Å². The molecule has 0 bridgehead atoms. The Morgan fingerprint density at radius 2 is 1.80 bits per heavy atom. The standard InChI is InChI=1S/C16H17BrO3/c1-16(2,15(18)19-3)10-20-14-7-5-11-8-13(17)6-4-12(11)9-14/h4-9H,10H2,1-3H3. The largest absolute Gasteiger partial charge is 0.492 e. The summed E-state index contributed by atoms with van der Waals surface area (Å²) in [5.74, 6) is 0.471. The number of esters is 1. The minimum absolute atomic E-state index is 0.276. The Morgan fingerprint density at radius 1 is 1.15 bits per heavy atom. The van der Waals surface area contributed by atoms with Crippen molar-refractivity contribution >= 4 is 32.7 Å². The van der Waals surface area contributed by atoms with Crippen molar-refractivity contribution in [3.8, 4) is 5.75 Å². The molecule has 0 radical (unpaired) electrons. The van der Waals surface area contributed by atoms with E-state index in [0.29, 0.717) is 0 Å². The number of hydrogen-bond donors (Lipinski definition) is 0. The van der Waals surface area contributed by atoms with E-state index in [9.17, 15) is 4.79 Å². The van der Waals surface area contributed by atoms with Crippen LogP contribution in [0.3, 0.4) is 0 Å². The molecule has 0 atom stereocenters. The van der Waals surface area contributed by atoms with Gasteiger partial charge in [0, 0.05) is 4.47 Å². The summed E-state index contributed by atoms with van der Waals surface area (Å²) < 4.78 is 11.5. The molecule has 0 unspecified atom stereocenters. The first-order valence-electron chi connectivity index (χ1n) is 6.33. The van der Waals surface area contributed by atoms with Crippen molar-refractivity contribution in [3.63, 3.8) is 0 Å². The van der Waals surface area contributed by atoms with Crippen molar-refractivity contribution in [2.24, 2.45) is 5.41 Å². The Hall–Kier alpha value is -1.55. The molecule has 0 aromatic heterocycles. The second-order valence-corrected chi connectivity index (χ2v) is 6.23. The molecular formula is C16H17BrO3. The molecule has 0 aliphatic rings. The summed E-state index contributed by atoms with van der Waals surface area (Å²) in [5.41, 5.74) is -0.663. The lowest BCUT2D eigenvalue weighted by Crippen LogP contribution is -2.32. The molecule has 0 saturated carbocycles. The molecule has 0 heterocycles. The molecule has 4 heteroatoms. The van der Waals surface area contributed by atoms with Crippen LogP contribution < -0.4 is 4.74 Å². The lowest BCUT2D eigenvalue weighted by molar-refractivity contribution is -0.152. The van der Waals surface area contributed by atoms with Gasteiger partial charge in [0.2, 0.25) is 0 Å². The van der Waals surface area contributed by atoms with Crippen LogP contribution in [0.2, 0.25) is 0 Å². The summed E-state index contributed by atoms with van der Waals surface area (Å²) in [6, 6.07) is 11.9. The quantitative estimate of drug-likeness (QED) is 0.785. The number of carbonyl (C=O) groups is 1. The summed E-state index contributed by atoms with van der Waals surface area (Å²) in [6.07, 6.45) is 0. The maximum atomic E-state index is 11.6. The summed E-state index contributed by atoms with van der Waals surface area (Å²) >= 11 is 3.45. The van der Waals surface area contributed by atoms with E-state index in [1.807, 2.05) is 30.3 Å². The van der Waals surface area contributed by atoms with Crippen LogP contribution in [0, 0.1) is 5.41 Å². The summed E-state index contributed by atoms with van der Waals surface area (Å²) in [5, 5.41) is 2.24. The van der Waals surface area contributed by atoms with Crippen LogP contribution >= 0.6 is 15.9 Å². The van der Waals surface area contributed by atoms with Crippen LogP contribution in [0.4, 0.5) is 0 Å². The Morgan fingerprint density at radius 3 is 2.50 bits per heavy atom. The molecule has 2 aromatic carbocycles. The maximum Gasteiger partial charge on any atom is 0.314 e.